The number of piperidine rings is 1. The molecule has 2 bridgehead atoms. The summed E-state index contributed by atoms with van der Waals surface area (Å²) in [7, 11) is -3.29. The number of nitrogens with zero attached hydrogens (tertiary/aromatic N) is 2. The minimum absolute atomic E-state index is 0.438. The molecule has 1 saturated heterocycles. The molecule has 0 radical (unpaired) electrons. The van der Waals surface area contributed by atoms with Crippen LogP contribution < -0.4 is 10.0 Å². The number of fused-ring (bicyclic) bond motifs is 3. The summed E-state index contributed by atoms with van der Waals surface area (Å²) in [5.74, 6) is 0.633. The number of likely N-dealkylation sites (tertiary alicyclic amines) is 1. The van der Waals surface area contributed by atoms with Crippen molar-refractivity contribution < 1.29 is 8.42 Å². The van der Waals surface area contributed by atoms with Gasteiger partial charge in [-0.25, -0.2) is 8.42 Å². The first kappa shape index (κ1) is 19.4. The van der Waals surface area contributed by atoms with Crippen LogP contribution in [0.25, 0.3) is 10.9 Å². The molecule has 0 amide bonds. The first-order valence-electron chi connectivity index (χ1n) is 10.4. The number of hydrogen-bond donors (Lipinski definition) is 3. The first-order valence-corrected chi connectivity index (χ1v) is 12.3. The predicted molar refractivity (Wildman–Crippen MR) is 120 cm³/mol. The molecule has 5 rings (SSSR count). The van der Waals surface area contributed by atoms with Gasteiger partial charge in [-0.2, -0.15) is 5.10 Å². The zero-order chi connectivity index (χ0) is 20.9. The molecule has 8 heteroatoms. The number of rotatable bonds is 6. The maximum Gasteiger partial charge on any atom is 0.229 e. The Labute approximate surface area is 176 Å². The van der Waals surface area contributed by atoms with Gasteiger partial charge in [-0.05, 0) is 61.1 Å². The molecular weight excluding hydrogens is 398 g/mol. The highest BCUT2D eigenvalue weighted by molar-refractivity contribution is 7.92. The first-order chi connectivity index (χ1) is 14.4. The van der Waals surface area contributed by atoms with E-state index < -0.39 is 10.0 Å². The lowest BCUT2D eigenvalue weighted by molar-refractivity contribution is 0.204. The smallest absolute Gasteiger partial charge is 0.229 e. The fourth-order valence-electron chi connectivity index (χ4n) is 5.04. The Morgan fingerprint density at radius 3 is 2.90 bits per heavy atom. The van der Waals surface area contributed by atoms with Crippen molar-refractivity contribution in [2.75, 3.05) is 22.8 Å². The molecule has 0 spiro atoms. The summed E-state index contributed by atoms with van der Waals surface area (Å²) in [5.41, 5.74) is 4.93. The number of sulfonamides is 1. The van der Waals surface area contributed by atoms with E-state index in [1.54, 1.807) is 0 Å². The largest absolute Gasteiger partial charge is 0.380 e. The molecule has 2 heterocycles. The molecule has 1 saturated carbocycles. The third-order valence-corrected chi connectivity index (χ3v) is 7.04. The van der Waals surface area contributed by atoms with E-state index in [1.165, 1.54) is 19.1 Å². The van der Waals surface area contributed by atoms with E-state index in [4.69, 9.17) is 0 Å². The van der Waals surface area contributed by atoms with Gasteiger partial charge in [0.2, 0.25) is 10.0 Å². The number of hydrogen-bond acceptors (Lipinski definition) is 5. The normalized spacial score (nSPS) is 23.9. The number of aromatic amines is 1. The Kier molecular flexibility index (Phi) is 4.71. The van der Waals surface area contributed by atoms with Gasteiger partial charge in [0.05, 0.1) is 23.7 Å². The molecule has 2 aliphatic rings. The van der Waals surface area contributed by atoms with Crippen LogP contribution in [0.3, 0.4) is 0 Å². The van der Waals surface area contributed by atoms with Crippen molar-refractivity contribution in [3.8, 4) is 0 Å². The van der Waals surface area contributed by atoms with Gasteiger partial charge in [0.15, 0.2) is 0 Å². The summed E-state index contributed by atoms with van der Waals surface area (Å²) in [6, 6.07) is 13.3. The van der Waals surface area contributed by atoms with Crippen molar-refractivity contribution >= 4 is 32.3 Å². The lowest BCUT2D eigenvalue weighted by atomic mass is 10.1. The quantitative estimate of drug-likeness (QED) is 0.564. The van der Waals surface area contributed by atoms with E-state index in [0.717, 1.165) is 40.8 Å². The highest BCUT2D eigenvalue weighted by Gasteiger charge is 2.46. The van der Waals surface area contributed by atoms with Crippen LogP contribution in [0.4, 0.5) is 11.4 Å². The average molecular weight is 426 g/mol. The fourth-order valence-corrected chi connectivity index (χ4v) is 5.66. The van der Waals surface area contributed by atoms with Gasteiger partial charge < -0.3 is 5.32 Å². The summed E-state index contributed by atoms with van der Waals surface area (Å²) in [5, 5.41) is 12.0. The fraction of sp³-hybridized carbons (Fsp3) is 0.409. The number of nitrogens with one attached hydrogen (secondary N) is 3. The van der Waals surface area contributed by atoms with Crippen molar-refractivity contribution in [1.29, 1.82) is 0 Å². The van der Waals surface area contributed by atoms with Gasteiger partial charge in [0.1, 0.15) is 0 Å². The number of H-pyrrole nitrogens is 1. The van der Waals surface area contributed by atoms with E-state index in [-0.39, 0.29) is 0 Å². The van der Waals surface area contributed by atoms with E-state index in [9.17, 15) is 8.42 Å². The van der Waals surface area contributed by atoms with Gasteiger partial charge in [-0.1, -0.05) is 12.1 Å². The zero-order valence-corrected chi connectivity index (χ0v) is 18.0. The lowest BCUT2D eigenvalue weighted by Gasteiger charge is -2.28. The molecule has 0 unspecified atom stereocenters. The maximum absolute atomic E-state index is 11.7. The Hall–Kier alpha value is -2.58. The Morgan fingerprint density at radius 2 is 2.07 bits per heavy atom. The van der Waals surface area contributed by atoms with Crippen LogP contribution in [-0.2, 0) is 16.6 Å². The SMILES string of the molecule is Cc1ccc(CN2C[C@@H]3CC[C@H]2[C@H]3Nc2ccc3[nH]ncc3c2)cc1NS(C)(=O)=O. The molecule has 2 fully saturated rings. The van der Waals surface area contributed by atoms with Gasteiger partial charge in [0.25, 0.3) is 0 Å². The van der Waals surface area contributed by atoms with Crippen LogP contribution in [-0.4, -0.2) is 48.4 Å². The number of anilines is 2. The molecule has 1 aliphatic heterocycles. The van der Waals surface area contributed by atoms with Crippen molar-refractivity contribution in [3.63, 3.8) is 0 Å². The second-order valence-electron chi connectivity index (χ2n) is 8.70. The highest BCUT2D eigenvalue weighted by Crippen LogP contribution is 2.40. The van der Waals surface area contributed by atoms with Crippen LogP contribution in [0.2, 0.25) is 0 Å². The van der Waals surface area contributed by atoms with Crippen LogP contribution in [0.5, 0.6) is 0 Å². The zero-order valence-electron chi connectivity index (χ0n) is 17.2. The molecule has 7 nitrogen and oxygen atoms in total. The average Bonchev–Trinajstić information content (AvgIpc) is 3.38. The van der Waals surface area contributed by atoms with Crippen molar-refractivity contribution in [2.45, 2.75) is 38.4 Å². The van der Waals surface area contributed by atoms with Crippen LogP contribution in [0.1, 0.15) is 24.0 Å². The Balaban J connectivity index is 1.31. The molecule has 3 aromatic rings. The molecule has 3 N–H and O–H groups in total. The Bertz CT molecular complexity index is 1190. The standard InChI is InChI=1S/C22H27N5O2S/c1-14-3-4-15(9-20(14)26-30(2,28)29)12-27-13-16-5-8-21(27)22(16)24-18-6-7-19-17(10-18)11-23-25-19/h3-4,6-7,9-11,16,21-22,24,26H,5,8,12-13H2,1-2H3,(H,23,25)/t16-,21-,22-/m0/s1. The minimum atomic E-state index is -3.29. The molecule has 1 aromatic heterocycles. The van der Waals surface area contributed by atoms with Crippen molar-refractivity contribution in [3.05, 3.63) is 53.7 Å². The molecule has 3 atom stereocenters. The van der Waals surface area contributed by atoms with Gasteiger partial charge >= 0.3 is 0 Å². The van der Waals surface area contributed by atoms with Crippen molar-refractivity contribution in [1.82, 2.24) is 15.1 Å². The van der Waals surface area contributed by atoms with E-state index in [2.05, 4.69) is 49.4 Å². The summed E-state index contributed by atoms with van der Waals surface area (Å²) in [6.45, 7) is 3.82. The van der Waals surface area contributed by atoms with Gasteiger partial charge in [-0.3, -0.25) is 14.7 Å². The van der Waals surface area contributed by atoms with Gasteiger partial charge in [0, 0.05) is 36.2 Å². The van der Waals surface area contributed by atoms with Crippen LogP contribution in [0.15, 0.2) is 42.6 Å². The molecule has 158 valence electrons. The maximum atomic E-state index is 11.7. The molecular formula is C22H27N5O2S. The van der Waals surface area contributed by atoms with E-state index in [0.29, 0.717) is 23.7 Å². The topological polar surface area (TPSA) is 90.1 Å². The lowest BCUT2D eigenvalue weighted by Crippen LogP contribution is -2.36. The predicted octanol–water partition coefficient (Wildman–Crippen LogP) is 3.32. The summed E-state index contributed by atoms with van der Waals surface area (Å²) < 4.78 is 26.0. The van der Waals surface area contributed by atoms with Crippen LogP contribution in [0, 0.1) is 12.8 Å². The highest BCUT2D eigenvalue weighted by atomic mass is 32.2. The molecule has 2 aromatic carbocycles. The van der Waals surface area contributed by atoms with E-state index >= 15 is 0 Å². The second kappa shape index (κ2) is 7.28. The second-order valence-corrected chi connectivity index (χ2v) is 10.4. The molecule has 1 aliphatic carbocycles. The summed E-state index contributed by atoms with van der Waals surface area (Å²) in [6.07, 6.45) is 5.49. The molecule has 30 heavy (non-hydrogen) atoms. The summed E-state index contributed by atoms with van der Waals surface area (Å²) >= 11 is 0. The van der Waals surface area contributed by atoms with Gasteiger partial charge in [-0.15, -0.1) is 0 Å². The summed E-state index contributed by atoms with van der Waals surface area (Å²) in [4.78, 5) is 2.54. The minimum Gasteiger partial charge on any atom is -0.380 e. The van der Waals surface area contributed by atoms with E-state index in [1.807, 2.05) is 25.3 Å². The Morgan fingerprint density at radius 1 is 1.20 bits per heavy atom. The van der Waals surface area contributed by atoms with Crippen molar-refractivity contribution in [2.24, 2.45) is 5.92 Å². The third-order valence-electron chi connectivity index (χ3n) is 6.45. The third kappa shape index (κ3) is 3.77. The number of aryl methyl sites for hydroxylation is 1. The monoisotopic (exact) mass is 425 g/mol. The number of benzene rings is 2. The van der Waals surface area contributed by atoms with Crippen LogP contribution >= 0.6 is 0 Å². The number of aromatic nitrogens is 2.